The van der Waals surface area contributed by atoms with E-state index in [4.69, 9.17) is 5.73 Å². The first-order chi connectivity index (χ1) is 10.7. The molecule has 0 unspecified atom stereocenters. The molecule has 3 aromatic rings. The summed E-state index contributed by atoms with van der Waals surface area (Å²) in [6.45, 7) is 2.20. The minimum absolute atomic E-state index is 0.0944. The molecule has 0 saturated carbocycles. The molecule has 3 rings (SSSR count). The Balaban J connectivity index is 2.07. The molecule has 3 N–H and O–H groups in total. The van der Waals surface area contributed by atoms with Crippen LogP contribution in [0.4, 0.5) is 11.6 Å². The summed E-state index contributed by atoms with van der Waals surface area (Å²) in [5.74, 6) is 0.232. The highest BCUT2D eigenvalue weighted by atomic mass is 16.1. The summed E-state index contributed by atoms with van der Waals surface area (Å²) in [6, 6.07) is 15.8. The topological polar surface area (TPSA) is 72.9 Å². The van der Waals surface area contributed by atoms with E-state index in [1.165, 1.54) is 5.56 Å². The van der Waals surface area contributed by atoms with Crippen molar-refractivity contribution in [1.82, 2.24) is 9.55 Å². The van der Waals surface area contributed by atoms with Gasteiger partial charge in [0, 0.05) is 5.69 Å². The number of benzene rings is 2. The van der Waals surface area contributed by atoms with E-state index in [9.17, 15) is 4.79 Å². The van der Waals surface area contributed by atoms with Crippen molar-refractivity contribution in [2.24, 2.45) is 5.73 Å². The van der Waals surface area contributed by atoms with Crippen LogP contribution in [0, 0.1) is 0 Å². The van der Waals surface area contributed by atoms with Crippen LogP contribution in [0.1, 0.15) is 12.5 Å². The maximum atomic E-state index is 11.4. The highest BCUT2D eigenvalue weighted by Crippen LogP contribution is 2.24. The van der Waals surface area contributed by atoms with Crippen molar-refractivity contribution in [2.75, 3.05) is 5.32 Å². The number of rotatable bonds is 5. The van der Waals surface area contributed by atoms with Crippen LogP contribution in [0.5, 0.6) is 0 Å². The summed E-state index contributed by atoms with van der Waals surface area (Å²) < 4.78 is 1.81. The molecule has 1 heterocycles. The van der Waals surface area contributed by atoms with E-state index in [2.05, 4.69) is 23.3 Å². The number of nitrogens with zero attached hydrogens (tertiary/aromatic N) is 2. The van der Waals surface area contributed by atoms with Gasteiger partial charge in [0.1, 0.15) is 6.54 Å². The normalized spacial score (nSPS) is 10.8. The standard InChI is InChI=1S/C17H18N4O/c1-2-12-7-3-4-8-13(12)19-17-20-14-9-5-6-10-15(14)21(17)11-16(18)22/h3-10H,2,11H2,1H3,(H2,18,22)(H,19,20). The van der Waals surface area contributed by atoms with Crippen molar-refractivity contribution in [3.63, 3.8) is 0 Å². The third kappa shape index (κ3) is 2.65. The average Bonchev–Trinajstić information content (AvgIpc) is 2.85. The van der Waals surface area contributed by atoms with Gasteiger partial charge >= 0.3 is 0 Å². The highest BCUT2D eigenvalue weighted by Gasteiger charge is 2.13. The van der Waals surface area contributed by atoms with Gasteiger partial charge in [0.15, 0.2) is 0 Å². The third-order valence-electron chi connectivity index (χ3n) is 3.61. The predicted molar refractivity (Wildman–Crippen MR) is 88.0 cm³/mol. The lowest BCUT2D eigenvalue weighted by molar-refractivity contribution is -0.118. The number of imidazole rings is 1. The molecule has 1 amide bonds. The predicted octanol–water partition coefficient (Wildman–Crippen LogP) is 2.83. The van der Waals surface area contributed by atoms with Crippen molar-refractivity contribution in [1.29, 1.82) is 0 Å². The number of anilines is 2. The van der Waals surface area contributed by atoms with E-state index in [0.29, 0.717) is 5.95 Å². The minimum atomic E-state index is -0.394. The van der Waals surface area contributed by atoms with E-state index in [1.807, 2.05) is 47.0 Å². The molecule has 22 heavy (non-hydrogen) atoms. The summed E-state index contributed by atoms with van der Waals surface area (Å²) in [6.07, 6.45) is 0.916. The number of nitrogens with one attached hydrogen (secondary N) is 1. The van der Waals surface area contributed by atoms with Gasteiger partial charge in [-0.05, 0) is 30.2 Å². The quantitative estimate of drug-likeness (QED) is 0.760. The smallest absolute Gasteiger partial charge is 0.237 e. The number of carbonyl (C=O) groups is 1. The summed E-state index contributed by atoms with van der Waals surface area (Å²) in [5.41, 5.74) is 9.28. The lowest BCUT2D eigenvalue weighted by atomic mass is 10.1. The molecule has 0 saturated heterocycles. The van der Waals surface area contributed by atoms with Crippen LogP contribution in [0.2, 0.25) is 0 Å². The second kappa shape index (κ2) is 5.89. The number of hydrogen-bond acceptors (Lipinski definition) is 3. The van der Waals surface area contributed by atoms with Gasteiger partial charge in [0.2, 0.25) is 11.9 Å². The number of para-hydroxylation sites is 3. The molecule has 0 aliphatic carbocycles. The third-order valence-corrected chi connectivity index (χ3v) is 3.61. The fourth-order valence-corrected chi connectivity index (χ4v) is 2.56. The molecule has 5 nitrogen and oxygen atoms in total. The molecule has 0 atom stereocenters. The molecule has 0 bridgehead atoms. The molecule has 112 valence electrons. The number of fused-ring (bicyclic) bond motifs is 1. The molecule has 0 fully saturated rings. The summed E-state index contributed by atoms with van der Waals surface area (Å²) in [5, 5.41) is 3.33. The SMILES string of the molecule is CCc1ccccc1Nc1nc2ccccc2n1CC(N)=O. The number of amides is 1. The Labute approximate surface area is 128 Å². The Bertz CT molecular complexity index is 822. The van der Waals surface area contributed by atoms with E-state index in [0.717, 1.165) is 23.1 Å². The number of primary amides is 1. The lowest BCUT2D eigenvalue weighted by Crippen LogP contribution is -2.19. The molecule has 5 heteroatoms. The van der Waals surface area contributed by atoms with Gasteiger partial charge < -0.3 is 15.6 Å². The number of aryl methyl sites for hydroxylation is 1. The number of nitrogens with two attached hydrogens (primary N) is 1. The Morgan fingerprint density at radius 2 is 1.91 bits per heavy atom. The van der Waals surface area contributed by atoms with Gasteiger partial charge in [-0.3, -0.25) is 4.79 Å². The molecule has 0 aliphatic heterocycles. The van der Waals surface area contributed by atoms with Gasteiger partial charge in [0.25, 0.3) is 0 Å². The van der Waals surface area contributed by atoms with Gasteiger partial charge in [-0.2, -0.15) is 0 Å². The number of carbonyl (C=O) groups excluding carboxylic acids is 1. The van der Waals surface area contributed by atoms with Crippen molar-refractivity contribution >= 4 is 28.6 Å². The molecule has 2 aromatic carbocycles. The van der Waals surface area contributed by atoms with Crippen LogP contribution >= 0.6 is 0 Å². The molecule has 1 aromatic heterocycles. The zero-order valence-electron chi connectivity index (χ0n) is 12.4. The number of aromatic nitrogens is 2. The van der Waals surface area contributed by atoms with Crippen LogP contribution in [0.15, 0.2) is 48.5 Å². The first-order valence-electron chi connectivity index (χ1n) is 7.27. The van der Waals surface area contributed by atoms with Crippen LogP contribution in [0.25, 0.3) is 11.0 Å². The monoisotopic (exact) mass is 294 g/mol. The van der Waals surface area contributed by atoms with E-state index < -0.39 is 5.91 Å². The Hall–Kier alpha value is -2.82. The molecular weight excluding hydrogens is 276 g/mol. The highest BCUT2D eigenvalue weighted by molar-refractivity contribution is 5.83. The largest absolute Gasteiger partial charge is 0.368 e. The Morgan fingerprint density at radius 3 is 2.68 bits per heavy atom. The van der Waals surface area contributed by atoms with E-state index in [-0.39, 0.29) is 6.54 Å². The first-order valence-corrected chi connectivity index (χ1v) is 7.27. The second-order valence-electron chi connectivity index (χ2n) is 5.11. The molecular formula is C17H18N4O. The molecule has 0 spiro atoms. The van der Waals surface area contributed by atoms with Gasteiger partial charge in [0.05, 0.1) is 11.0 Å². The average molecular weight is 294 g/mol. The first kappa shape index (κ1) is 14.1. The molecule has 0 radical (unpaired) electrons. The Kier molecular flexibility index (Phi) is 3.78. The van der Waals surface area contributed by atoms with Crippen LogP contribution < -0.4 is 11.1 Å². The minimum Gasteiger partial charge on any atom is -0.368 e. The summed E-state index contributed by atoms with van der Waals surface area (Å²) in [4.78, 5) is 16.0. The number of hydrogen-bond donors (Lipinski definition) is 2. The Morgan fingerprint density at radius 1 is 1.18 bits per heavy atom. The van der Waals surface area contributed by atoms with Crippen molar-refractivity contribution in [2.45, 2.75) is 19.9 Å². The van der Waals surface area contributed by atoms with Crippen LogP contribution in [-0.2, 0) is 17.8 Å². The van der Waals surface area contributed by atoms with Gasteiger partial charge in [-0.1, -0.05) is 37.3 Å². The van der Waals surface area contributed by atoms with E-state index >= 15 is 0 Å². The van der Waals surface area contributed by atoms with Crippen molar-refractivity contribution in [3.8, 4) is 0 Å². The van der Waals surface area contributed by atoms with Crippen molar-refractivity contribution in [3.05, 3.63) is 54.1 Å². The maximum Gasteiger partial charge on any atom is 0.237 e. The van der Waals surface area contributed by atoms with E-state index in [1.54, 1.807) is 0 Å². The zero-order chi connectivity index (χ0) is 15.5. The fourth-order valence-electron chi connectivity index (χ4n) is 2.56. The molecule has 0 aliphatic rings. The fraction of sp³-hybridized carbons (Fsp3) is 0.176. The van der Waals surface area contributed by atoms with Crippen LogP contribution in [-0.4, -0.2) is 15.5 Å². The summed E-state index contributed by atoms with van der Waals surface area (Å²) in [7, 11) is 0. The van der Waals surface area contributed by atoms with Gasteiger partial charge in [-0.25, -0.2) is 4.98 Å². The summed E-state index contributed by atoms with van der Waals surface area (Å²) >= 11 is 0. The van der Waals surface area contributed by atoms with Gasteiger partial charge in [-0.15, -0.1) is 0 Å². The second-order valence-corrected chi connectivity index (χ2v) is 5.11. The van der Waals surface area contributed by atoms with Crippen LogP contribution in [0.3, 0.4) is 0 Å². The lowest BCUT2D eigenvalue weighted by Gasteiger charge is -2.12. The maximum absolute atomic E-state index is 11.4. The van der Waals surface area contributed by atoms with Crippen molar-refractivity contribution < 1.29 is 4.79 Å². The zero-order valence-corrected chi connectivity index (χ0v) is 12.4.